The number of carboxylic acid groups (broad SMARTS) is 1. The van der Waals surface area contributed by atoms with Gasteiger partial charge in [0.2, 0.25) is 5.91 Å². The summed E-state index contributed by atoms with van der Waals surface area (Å²) in [7, 11) is 1.60. The third kappa shape index (κ3) is 5.42. The Morgan fingerprint density at radius 2 is 2.20 bits per heavy atom. The van der Waals surface area contributed by atoms with Crippen LogP contribution in [0, 0.1) is 0 Å². The quantitative estimate of drug-likeness (QED) is 0.778. The van der Waals surface area contributed by atoms with Gasteiger partial charge in [-0.3, -0.25) is 4.79 Å². The van der Waals surface area contributed by atoms with Gasteiger partial charge in [-0.25, -0.2) is 4.79 Å². The molecule has 0 heterocycles. The van der Waals surface area contributed by atoms with Crippen molar-refractivity contribution >= 4 is 39.6 Å². The van der Waals surface area contributed by atoms with Crippen molar-refractivity contribution in [2.24, 2.45) is 0 Å². The lowest BCUT2D eigenvalue weighted by molar-refractivity contribution is -0.140. The van der Waals surface area contributed by atoms with Gasteiger partial charge in [0.15, 0.2) is 0 Å². The Kier molecular flexibility index (Phi) is 6.87. The van der Waals surface area contributed by atoms with Crippen LogP contribution in [0.5, 0.6) is 5.75 Å². The molecule has 5 nitrogen and oxygen atoms in total. The van der Waals surface area contributed by atoms with Crippen LogP contribution in [-0.4, -0.2) is 35.9 Å². The number of rotatable bonds is 7. The van der Waals surface area contributed by atoms with Gasteiger partial charge in [-0.2, -0.15) is 11.8 Å². The molecule has 0 radical (unpaired) electrons. The zero-order valence-electron chi connectivity index (χ0n) is 11.2. The first-order chi connectivity index (χ1) is 9.43. The Hall–Kier alpha value is -1.21. The second kappa shape index (κ2) is 8.16. The van der Waals surface area contributed by atoms with Gasteiger partial charge in [-0.15, -0.1) is 0 Å². The maximum Gasteiger partial charge on any atom is 0.327 e. The number of nitrogens with one attached hydrogen (secondary N) is 1. The zero-order valence-corrected chi connectivity index (χ0v) is 13.6. The van der Waals surface area contributed by atoms with Gasteiger partial charge in [-0.1, -0.05) is 6.07 Å². The highest BCUT2D eigenvalue weighted by molar-refractivity contribution is 9.10. The van der Waals surface area contributed by atoms with E-state index in [9.17, 15) is 9.59 Å². The summed E-state index contributed by atoms with van der Waals surface area (Å²) in [5, 5.41) is 11.4. The molecule has 0 unspecified atom stereocenters. The molecule has 0 aliphatic carbocycles. The molecular formula is C13H16BrNO4S. The molecule has 0 spiro atoms. The number of carboxylic acids is 1. The maximum atomic E-state index is 11.0. The molecule has 2 N–H and O–H groups in total. The minimum absolute atomic E-state index is 0.318. The molecule has 0 fully saturated rings. The summed E-state index contributed by atoms with van der Waals surface area (Å²) in [6, 6.07) is 4.84. The lowest BCUT2D eigenvalue weighted by atomic mass is 10.2. The number of carbonyl (C=O) groups is 2. The molecule has 7 heteroatoms. The van der Waals surface area contributed by atoms with Crippen molar-refractivity contribution in [2.75, 3.05) is 12.9 Å². The third-order valence-corrected chi connectivity index (χ3v) is 4.17. The number of aliphatic carboxylic acids is 1. The summed E-state index contributed by atoms with van der Waals surface area (Å²) in [5.74, 6) is 0.360. The molecule has 0 saturated carbocycles. The predicted octanol–water partition coefficient (Wildman–Crippen LogP) is 2.28. The van der Waals surface area contributed by atoms with Crippen LogP contribution < -0.4 is 10.1 Å². The summed E-state index contributed by atoms with van der Waals surface area (Å²) >= 11 is 4.85. The van der Waals surface area contributed by atoms with E-state index in [0.717, 1.165) is 15.8 Å². The average molecular weight is 362 g/mol. The first-order valence-electron chi connectivity index (χ1n) is 5.84. The van der Waals surface area contributed by atoms with Crippen molar-refractivity contribution in [2.45, 2.75) is 18.7 Å². The van der Waals surface area contributed by atoms with Crippen LogP contribution in [0.15, 0.2) is 22.7 Å². The van der Waals surface area contributed by atoms with Gasteiger partial charge < -0.3 is 15.2 Å². The number of ether oxygens (including phenoxy) is 1. The van der Waals surface area contributed by atoms with E-state index in [1.807, 2.05) is 18.2 Å². The Labute approximate surface area is 130 Å². The summed E-state index contributed by atoms with van der Waals surface area (Å²) in [6.45, 7) is 1.31. The van der Waals surface area contributed by atoms with Crippen LogP contribution in [0.2, 0.25) is 0 Å². The minimum atomic E-state index is -1.02. The van der Waals surface area contributed by atoms with Gasteiger partial charge >= 0.3 is 5.97 Å². The highest BCUT2D eigenvalue weighted by Crippen LogP contribution is 2.27. The van der Waals surface area contributed by atoms with Crippen molar-refractivity contribution in [1.82, 2.24) is 5.32 Å². The fourth-order valence-electron chi connectivity index (χ4n) is 1.51. The van der Waals surface area contributed by atoms with Gasteiger partial charge in [-0.05, 0) is 33.6 Å². The minimum Gasteiger partial charge on any atom is -0.496 e. The summed E-state index contributed by atoms with van der Waals surface area (Å²) < 4.78 is 6.00. The SMILES string of the molecule is COc1ccc(CSC[C@H](NC(C)=O)C(=O)O)cc1Br. The van der Waals surface area contributed by atoms with Crippen LogP contribution in [0.3, 0.4) is 0 Å². The van der Waals surface area contributed by atoms with Gasteiger partial charge in [0.05, 0.1) is 11.6 Å². The normalized spacial score (nSPS) is 11.8. The standard InChI is InChI=1S/C13H16BrNO4S/c1-8(16)15-11(13(17)18)7-20-6-9-3-4-12(19-2)10(14)5-9/h3-5,11H,6-7H2,1-2H3,(H,15,16)(H,17,18)/t11-/m0/s1. The maximum absolute atomic E-state index is 11.0. The van der Waals surface area contributed by atoms with E-state index >= 15 is 0 Å². The van der Waals surface area contributed by atoms with Crippen LogP contribution >= 0.6 is 27.7 Å². The Morgan fingerprint density at radius 3 is 2.70 bits per heavy atom. The highest BCUT2D eigenvalue weighted by atomic mass is 79.9. The molecule has 0 aliphatic heterocycles. The smallest absolute Gasteiger partial charge is 0.327 e. The van der Waals surface area contributed by atoms with E-state index in [1.54, 1.807) is 7.11 Å². The number of carbonyl (C=O) groups excluding carboxylic acids is 1. The lowest BCUT2D eigenvalue weighted by Gasteiger charge is -2.13. The summed E-state index contributed by atoms with van der Waals surface area (Å²) in [6.07, 6.45) is 0. The fourth-order valence-corrected chi connectivity index (χ4v) is 3.10. The molecule has 0 saturated heterocycles. The lowest BCUT2D eigenvalue weighted by Crippen LogP contribution is -2.41. The molecule has 0 bridgehead atoms. The third-order valence-electron chi connectivity index (χ3n) is 2.45. The Balaban J connectivity index is 2.52. The fraction of sp³-hybridized carbons (Fsp3) is 0.385. The van der Waals surface area contributed by atoms with E-state index in [0.29, 0.717) is 11.5 Å². The van der Waals surface area contributed by atoms with Crippen LogP contribution in [-0.2, 0) is 15.3 Å². The van der Waals surface area contributed by atoms with Crippen LogP contribution in [0.1, 0.15) is 12.5 Å². The summed E-state index contributed by atoms with van der Waals surface area (Å²) in [5.41, 5.74) is 1.05. The summed E-state index contributed by atoms with van der Waals surface area (Å²) in [4.78, 5) is 21.9. The van der Waals surface area contributed by atoms with E-state index < -0.39 is 12.0 Å². The predicted molar refractivity (Wildman–Crippen MR) is 82.1 cm³/mol. The topological polar surface area (TPSA) is 75.6 Å². The Morgan fingerprint density at radius 1 is 1.50 bits per heavy atom. The highest BCUT2D eigenvalue weighted by Gasteiger charge is 2.18. The molecule has 1 rings (SSSR count). The van der Waals surface area contributed by atoms with Crippen molar-refractivity contribution in [3.8, 4) is 5.75 Å². The van der Waals surface area contributed by atoms with Crippen molar-refractivity contribution < 1.29 is 19.4 Å². The molecule has 0 aliphatic rings. The Bertz CT molecular complexity index is 495. The second-order valence-electron chi connectivity index (χ2n) is 4.08. The molecule has 1 amide bonds. The molecule has 1 aromatic rings. The molecular weight excluding hydrogens is 346 g/mol. The van der Waals surface area contributed by atoms with E-state index in [4.69, 9.17) is 9.84 Å². The largest absolute Gasteiger partial charge is 0.496 e. The number of hydrogen-bond donors (Lipinski definition) is 2. The molecule has 110 valence electrons. The first-order valence-corrected chi connectivity index (χ1v) is 7.79. The number of halogens is 1. The van der Waals surface area contributed by atoms with E-state index in [1.165, 1.54) is 18.7 Å². The van der Waals surface area contributed by atoms with Crippen molar-refractivity contribution in [3.05, 3.63) is 28.2 Å². The van der Waals surface area contributed by atoms with E-state index in [2.05, 4.69) is 21.2 Å². The number of benzene rings is 1. The average Bonchev–Trinajstić information content (AvgIpc) is 2.37. The number of thioether (sulfide) groups is 1. The zero-order chi connectivity index (χ0) is 15.1. The van der Waals surface area contributed by atoms with E-state index in [-0.39, 0.29) is 5.91 Å². The van der Waals surface area contributed by atoms with Gasteiger partial charge in [0, 0.05) is 18.4 Å². The number of methoxy groups -OCH3 is 1. The van der Waals surface area contributed by atoms with Gasteiger partial charge in [0.1, 0.15) is 11.8 Å². The molecule has 20 heavy (non-hydrogen) atoms. The molecule has 0 aromatic heterocycles. The van der Waals surface area contributed by atoms with Gasteiger partial charge in [0.25, 0.3) is 0 Å². The second-order valence-corrected chi connectivity index (χ2v) is 5.96. The number of hydrogen-bond acceptors (Lipinski definition) is 4. The van der Waals surface area contributed by atoms with Crippen molar-refractivity contribution in [3.63, 3.8) is 0 Å². The van der Waals surface area contributed by atoms with Crippen LogP contribution in [0.4, 0.5) is 0 Å². The van der Waals surface area contributed by atoms with Crippen LogP contribution in [0.25, 0.3) is 0 Å². The molecule has 1 aromatic carbocycles. The van der Waals surface area contributed by atoms with Crippen molar-refractivity contribution in [1.29, 1.82) is 0 Å². The molecule has 1 atom stereocenters. The number of amides is 1. The monoisotopic (exact) mass is 361 g/mol. The first kappa shape index (κ1) is 16.8.